The smallest absolute Gasteiger partial charge is 0.307 e. The third-order valence-corrected chi connectivity index (χ3v) is 6.99. The quantitative estimate of drug-likeness (QED) is 0.577. The molecular weight excluding hydrogens is 394 g/mol. The summed E-state index contributed by atoms with van der Waals surface area (Å²) in [6, 6.07) is 4.34. The van der Waals surface area contributed by atoms with E-state index in [1.807, 2.05) is 17.5 Å². The average molecular weight is 422 g/mol. The number of likely N-dealkylation sites (N-methyl/N-ethyl adjacent to an activating group) is 1. The van der Waals surface area contributed by atoms with Gasteiger partial charge in [0.15, 0.2) is 0 Å². The number of hydrogen-bond donors (Lipinski definition) is 0. The van der Waals surface area contributed by atoms with Gasteiger partial charge in [-0.05, 0) is 44.3 Å². The normalized spacial score (nSPS) is 17.0. The van der Waals surface area contributed by atoms with Crippen LogP contribution >= 0.6 is 22.7 Å². The van der Waals surface area contributed by atoms with E-state index in [4.69, 9.17) is 4.74 Å². The number of nitrogens with zero attached hydrogens (tertiary/aromatic N) is 3. The summed E-state index contributed by atoms with van der Waals surface area (Å²) in [5.74, 6) is -0.310. The van der Waals surface area contributed by atoms with Crippen LogP contribution in [0.4, 0.5) is 0 Å². The molecule has 28 heavy (non-hydrogen) atoms. The highest BCUT2D eigenvalue weighted by Gasteiger charge is 2.28. The molecule has 0 spiro atoms. The van der Waals surface area contributed by atoms with Crippen LogP contribution in [-0.4, -0.2) is 65.5 Å². The third-order valence-electron chi connectivity index (χ3n) is 4.96. The van der Waals surface area contributed by atoms with Crippen LogP contribution in [0.5, 0.6) is 0 Å². The molecule has 3 rings (SSSR count). The molecule has 8 heteroatoms. The highest BCUT2D eigenvalue weighted by molar-refractivity contribution is 7.21. The van der Waals surface area contributed by atoms with E-state index in [-0.39, 0.29) is 18.3 Å². The maximum Gasteiger partial charge on any atom is 0.307 e. The number of amides is 1. The minimum absolute atomic E-state index is 0.0486. The number of aromatic nitrogens is 1. The van der Waals surface area contributed by atoms with Crippen molar-refractivity contribution in [1.82, 2.24) is 14.8 Å². The second kappa shape index (κ2) is 10.1. The molecule has 152 valence electrons. The van der Waals surface area contributed by atoms with Crippen molar-refractivity contribution in [3.8, 4) is 9.88 Å². The fourth-order valence-electron chi connectivity index (χ4n) is 3.55. The van der Waals surface area contributed by atoms with E-state index in [0.717, 1.165) is 35.8 Å². The zero-order valence-corrected chi connectivity index (χ0v) is 18.1. The van der Waals surface area contributed by atoms with Gasteiger partial charge in [0.2, 0.25) is 0 Å². The van der Waals surface area contributed by atoms with E-state index >= 15 is 0 Å². The minimum Gasteiger partial charge on any atom is -0.466 e. The van der Waals surface area contributed by atoms with Crippen LogP contribution in [-0.2, 0) is 9.53 Å². The highest BCUT2D eigenvalue weighted by atomic mass is 32.1. The lowest BCUT2D eigenvalue weighted by Gasteiger charge is -2.30. The van der Waals surface area contributed by atoms with E-state index < -0.39 is 0 Å². The molecule has 1 unspecified atom stereocenters. The van der Waals surface area contributed by atoms with Gasteiger partial charge >= 0.3 is 5.97 Å². The molecule has 2 aromatic rings. The van der Waals surface area contributed by atoms with Crippen molar-refractivity contribution in [3.63, 3.8) is 0 Å². The van der Waals surface area contributed by atoms with Crippen LogP contribution in [0.1, 0.15) is 42.8 Å². The van der Waals surface area contributed by atoms with E-state index in [1.165, 1.54) is 11.3 Å². The Morgan fingerprint density at radius 2 is 2.25 bits per heavy atom. The van der Waals surface area contributed by atoms with Gasteiger partial charge < -0.3 is 9.64 Å². The molecule has 1 saturated heterocycles. The van der Waals surface area contributed by atoms with Crippen molar-refractivity contribution in [2.45, 2.75) is 39.2 Å². The summed E-state index contributed by atoms with van der Waals surface area (Å²) in [7, 11) is 0. The molecule has 1 fully saturated rings. The van der Waals surface area contributed by atoms with E-state index in [1.54, 1.807) is 29.4 Å². The first-order valence-corrected chi connectivity index (χ1v) is 11.5. The Morgan fingerprint density at radius 3 is 2.96 bits per heavy atom. The van der Waals surface area contributed by atoms with Crippen LogP contribution in [0.3, 0.4) is 0 Å². The van der Waals surface area contributed by atoms with Gasteiger partial charge in [0.1, 0.15) is 9.88 Å². The van der Waals surface area contributed by atoms with Gasteiger partial charge in [0.05, 0.1) is 24.1 Å². The lowest BCUT2D eigenvalue weighted by Crippen LogP contribution is -2.43. The maximum atomic E-state index is 13.2. The Bertz CT molecular complexity index is 776. The Hall–Kier alpha value is -1.77. The summed E-state index contributed by atoms with van der Waals surface area (Å²) >= 11 is 3.03. The number of carbonyl (C=O) groups is 2. The molecular formula is C20H27N3O3S2. The summed E-state index contributed by atoms with van der Waals surface area (Å²) < 4.78 is 5.05. The molecule has 0 radical (unpaired) electrons. The molecule has 1 aliphatic heterocycles. The van der Waals surface area contributed by atoms with Crippen molar-refractivity contribution >= 4 is 34.6 Å². The standard InChI is InChI=1S/C20H27N3O3S2/c1-3-22-10-5-7-15(22)14-23(11-9-18(24)26-4-2)20(25)17-13-21-19(28-17)16-8-6-12-27-16/h6,8,12-13,15H,3-5,7,9-11,14H2,1-2H3. The molecule has 0 aromatic carbocycles. The van der Waals surface area contributed by atoms with E-state index in [9.17, 15) is 9.59 Å². The van der Waals surface area contributed by atoms with E-state index in [0.29, 0.717) is 30.6 Å². The molecule has 0 aliphatic carbocycles. The number of thiazole rings is 1. The molecule has 0 saturated carbocycles. The molecule has 3 heterocycles. The SMILES string of the molecule is CCOC(=O)CCN(CC1CCCN1CC)C(=O)c1cnc(-c2cccs2)s1. The van der Waals surface area contributed by atoms with E-state index in [2.05, 4.69) is 16.8 Å². The number of thiophene rings is 1. The first-order chi connectivity index (χ1) is 13.6. The fourth-order valence-corrected chi connectivity index (χ4v) is 5.24. The largest absolute Gasteiger partial charge is 0.466 e. The molecule has 2 aromatic heterocycles. The van der Waals surface area contributed by atoms with Crippen LogP contribution in [0, 0.1) is 0 Å². The number of likely N-dealkylation sites (tertiary alicyclic amines) is 1. The lowest BCUT2D eigenvalue weighted by molar-refractivity contribution is -0.143. The highest BCUT2D eigenvalue weighted by Crippen LogP contribution is 2.30. The number of rotatable bonds is 9. The third kappa shape index (κ3) is 5.18. The monoisotopic (exact) mass is 421 g/mol. The summed E-state index contributed by atoms with van der Waals surface area (Å²) in [6.45, 7) is 7.37. The summed E-state index contributed by atoms with van der Waals surface area (Å²) in [5, 5.41) is 2.86. The maximum absolute atomic E-state index is 13.2. The molecule has 0 N–H and O–H groups in total. The molecule has 1 atom stereocenters. The Balaban J connectivity index is 1.72. The van der Waals surface area contributed by atoms with Crippen LogP contribution in [0.15, 0.2) is 23.7 Å². The average Bonchev–Trinajstić information content (AvgIpc) is 3.45. The van der Waals surface area contributed by atoms with Crippen LogP contribution < -0.4 is 0 Å². The van der Waals surface area contributed by atoms with Gasteiger partial charge in [-0.25, -0.2) is 4.98 Å². The Kier molecular flexibility index (Phi) is 7.58. The van der Waals surface area contributed by atoms with Crippen molar-refractivity contribution in [3.05, 3.63) is 28.6 Å². The number of ether oxygens (including phenoxy) is 1. The van der Waals surface area contributed by atoms with Gasteiger partial charge in [0.25, 0.3) is 5.91 Å². The van der Waals surface area contributed by atoms with Gasteiger partial charge in [-0.1, -0.05) is 13.0 Å². The zero-order valence-electron chi connectivity index (χ0n) is 16.4. The van der Waals surface area contributed by atoms with Crippen LogP contribution in [0.25, 0.3) is 9.88 Å². The van der Waals surface area contributed by atoms with Gasteiger partial charge in [-0.15, -0.1) is 22.7 Å². The Labute approximate surface area is 174 Å². The molecule has 1 aliphatic rings. The summed E-state index contributed by atoms with van der Waals surface area (Å²) in [5.41, 5.74) is 0. The van der Waals surface area contributed by atoms with Crippen molar-refractivity contribution in [2.24, 2.45) is 0 Å². The van der Waals surface area contributed by atoms with Crippen molar-refractivity contribution in [2.75, 3.05) is 32.8 Å². The first kappa shape index (κ1) is 21.0. The second-order valence-electron chi connectivity index (χ2n) is 6.74. The summed E-state index contributed by atoms with van der Waals surface area (Å²) in [4.78, 5) is 35.4. The lowest BCUT2D eigenvalue weighted by atomic mass is 10.2. The minimum atomic E-state index is -0.261. The van der Waals surface area contributed by atoms with Gasteiger partial charge in [-0.2, -0.15) is 0 Å². The predicted molar refractivity (Wildman–Crippen MR) is 113 cm³/mol. The van der Waals surface area contributed by atoms with Crippen molar-refractivity contribution in [1.29, 1.82) is 0 Å². The topological polar surface area (TPSA) is 62.7 Å². The first-order valence-electron chi connectivity index (χ1n) is 9.81. The molecule has 0 bridgehead atoms. The number of carbonyl (C=O) groups excluding carboxylic acids is 2. The van der Waals surface area contributed by atoms with Crippen LogP contribution in [0.2, 0.25) is 0 Å². The van der Waals surface area contributed by atoms with Gasteiger partial charge in [0, 0.05) is 19.1 Å². The molecule has 1 amide bonds. The van der Waals surface area contributed by atoms with Gasteiger partial charge in [-0.3, -0.25) is 14.5 Å². The molecule has 6 nitrogen and oxygen atoms in total. The van der Waals surface area contributed by atoms with Crippen molar-refractivity contribution < 1.29 is 14.3 Å². The Morgan fingerprint density at radius 1 is 1.39 bits per heavy atom. The fraction of sp³-hybridized carbons (Fsp3) is 0.550. The number of hydrogen-bond acceptors (Lipinski definition) is 7. The zero-order chi connectivity index (χ0) is 19.9. The second-order valence-corrected chi connectivity index (χ2v) is 8.72. The number of esters is 1. The summed E-state index contributed by atoms with van der Waals surface area (Å²) in [6.07, 6.45) is 4.11. The predicted octanol–water partition coefficient (Wildman–Crippen LogP) is 3.75.